The molecule has 3 aromatic heterocycles. The van der Waals surface area contributed by atoms with Crippen LogP contribution in [-0.2, 0) is 0 Å². The number of hydrogen-bond acceptors (Lipinski definition) is 3. The molecule has 12 aromatic rings. The van der Waals surface area contributed by atoms with Crippen LogP contribution in [0.4, 0.5) is 0 Å². The van der Waals surface area contributed by atoms with Crippen LogP contribution in [0.3, 0.4) is 0 Å². The molecule has 0 bridgehead atoms. The van der Waals surface area contributed by atoms with E-state index in [9.17, 15) is 0 Å². The average molecular weight is 792 g/mol. The predicted octanol–water partition coefficient (Wildman–Crippen LogP) is 14.4. The highest BCUT2D eigenvalue weighted by molar-refractivity contribution is 6.19. The van der Waals surface area contributed by atoms with Gasteiger partial charge in [-0.15, -0.1) is 0 Å². The number of rotatable bonds is 7. The van der Waals surface area contributed by atoms with Crippen molar-refractivity contribution in [3.05, 3.63) is 224 Å². The third-order valence-corrected chi connectivity index (χ3v) is 12.0. The quantitative estimate of drug-likeness (QED) is 0.162. The lowest BCUT2D eigenvalue weighted by Gasteiger charge is -2.17. The number of para-hydroxylation sites is 2. The molecule has 0 aliphatic carbocycles. The van der Waals surface area contributed by atoms with Gasteiger partial charge in [0.05, 0.1) is 27.8 Å². The van der Waals surface area contributed by atoms with E-state index < -0.39 is 0 Å². The summed E-state index contributed by atoms with van der Waals surface area (Å²) in [6, 6.07) is 79.5. The average Bonchev–Trinajstić information content (AvgIpc) is 3.86. The summed E-state index contributed by atoms with van der Waals surface area (Å²) in [6.07, 6.45) is 0. The van der Waals surface area contributed by atoms with Crippen LogP contribution < -0.4 is 0 Å². The molecule has 0 saturated heterocycles. The minimum absolute atomic E-state index is 0.574. The van der Waals surface area contributed by atoms with Crippen LogP contribution in [0.1, 0.15) is 0 Å². The Morgan fingerprint density at radius 3 is 1.21 bits per heavy atom. The molecule has 0 amide bonds. The largest absolute Gasteiger partial charge is 0.309 e. The lowest BCUT2D eigenvalue weighted by Crippen LogP contribution is -2.06. The molecule has 0 aliphatic heterocycles. The molecular weight excluding hydrogens is 755 g/mol. The summed E-state index contributed by atoms with van der Waals surface area (Å²) < 4.78 is 4.67. The van der Waals surface area contributed by atoms with E-state index in [1.807, 2.05) is 36.4 Å². The molecule has 0 aliphatic rings. The van der Waals surface area contributed by atoms with Crippen molar-refractivity contribution < 1.29 is 0 Å². The molecule has 12 rings (SSSR count). The highest BCUT2D eigenvalue weighted by Crippen LogP contribution is 2.42. The van der Waals surface area contributed by atoms with E-state index in [-0.39, 0.29) is 0 Å². The summed E-state index contributed by atoms with van der Waals surface area (Å²) in [4.78, 5) is 15.4. The van der Waals surface area contributed by atoms with Crippen LogP contribution in [0.2, 0.25) is 0 Å². The number of aromatic nitrogens is 5. The smallest absolute Gasteiger partial charge is 0.238 e. The Kier molecular flexibility index (Phi) is 8.42. The monoisotopic (exact) mass is 791 g/mol. The lowest BCUT2D eigenvalue weighted by atomic mass is 9.95. The van der Waals surface area contributed by atoms with Crippen LogP contribution in [0, 0.1) is 0 Å². The van der Waals surface area contributed by atoms with Gasteiger partial charge in [-0.05, 0) is 64.2 Å². The first-order chi connectivity index (χ1) is 30.7. The highest BCUT2D eigenvalue weighted by atomic mass is 15.2. The molecule has 5 heteroatoms. The molecule has 9 aromatic carbocycles. The van der Waals surface area contributed by atoms with Crippen molar-refractivity contribution in [3.8, 4) is 67.8 Å². The topological polar surface area (TPSA) is 48.5 Å². The van der Waals surface area contributed by atoms with Crippen molar-refractivity contribution in [1.82, 2.24) is 24.1 Å². The second kappa shape index (κ2) is 14.7. The van der Waals surface area contributed by atoms with E-state index >= 15 is 0 Å². The van der Waals surface area contributed by atoms with E-state index in [1.165, 1.54) is 27.6 Å². The zero-order chi connectivity index (χ0) is 41.0. The van der Waals surface area contributed by atoms with Crippen LogP contribution in [0.5, 0.6) is 0 Å². The molecule has 0 saturated carbocycles. The Balaban J connectivity index is 1.12. The van der Waals surface area contributed by atoms with Gasteiger partial charge in [0.25, 0.3) is 0 Å². The number of hydrogen-bond donors (Lipinski definition) is 0. The fourth-order valence-corrected chi connectivity index (χ4v) is 9.05. The van der Waals surface area contributed by atoms with E-state index in [0.717, 1.165) is 66.2 Å². The maximum Gasteiger partial charge on any atom is 0.238 e. The molecule has 0 fully saturated rings. The normalized spacial score (nSPS) is 11.5. The van der Waals surface area contributed by atoms with Gasteiger partial charge in [0.1, 0.15) is 0 Å². The molecule has 0 spiro atoms. The predicted molar refractivity (Wildman–Crippen MR) is 256 cm³/mol. The van der Waals surface area contributed by atoms with Gasteiger partial charge in [-0.2, -0.15) is 9.97 Å². The third-order valence-electron chi connectivity index (χ3n) is 12.0. The number of fused-ring (bicyclic) bond motifs is 6. The second-order valence-corrected chi connectivity index (χ2v) is 15.6. The van der Waals surface area contributed by atoms with Gasteiger partial charge in [0.15, 0.2) is 11.6 Å². The van der Waals surface area contributed by atoms with Gasteiger partial charge in [0, 0.05) is 38.2 Å². The third kappa shape index (κ3) is 5.98. The summed E-state index contributed by atoms with van der Waals surface area (Å²) >= 11 is 0. The van der Waals surface area contributed by atoms with Gasteiger partial charge < -0.3 is 4.57 Å². The van der Waals surface area contributed by atoms with Crippen molar-refractivity contribution >= 4 is 43.6 Å². The highest BCUT2D eigenvalue weighted by Gasteiger charge is 2.22. The SMILES string of the molecule is c1ccc(-c2ccc(-c3cc(-c4ccccc4)ccc3-n3c4ccccc4c4cc5c(cc43)c3ccccc3n5-c3nc(-c4ccccc4)nc(-c4ccccc4)n3)cc2)cc1. The summed E-state index contributed by atoms with van der Waals surface area (Å²) in [5, 5.41) is 4.56. The fraction of sp³-hybridized carbons (Fsp3) is 0. The maximum absolute atomic E-state index is 5.21. The Morgan fingerprint density at radius 1 is 0.258 bits per heavy atom. The van der Waals surface area contributed by atoms with Crippen LogP contribution in [0.25, 0.3) is 111 Å². The second-order valence-electron chi connectivity index (χ2n) is 15.6. The molecule has 62 heavy (non-hydrogen) atoms. The molecule has 5 nitrogen and oxygen atoms in total. The van der Waals surface area contributed by atoms with E-state index in [2.05, 4.69) is 197 Å². The van der Waals surface area contributed by atoms with Crippen molar-refractivity contribution in [1.29, 1.82) is 0 Å². The molecule has 290 valence electrons. The van der Waals surface area contributed by atoms with Gasteiger partial charge in [-0.1, -0.05) is 188 Å². The van der Waals surface area contributed by atoms with E-state index in [0.29, 0.717) is 17.6 Å². The molecule has 0 unspecified atom stereocenters. The zero-order valence-corrected chi connectivity index (χ0v) is 33.6. The van der Waals surface area contributed by atoms with E-state index in [4.69, 9.17) is 15.0 Å². The lowest BCUT2D eigenvalue weighted by molar-refractivity contribution is 0.954. The first-order valence-corrected chi connectivity index (χ1v) is 20.9. The molecule has 0 radical (unpaired) electrons. The molecule has 0 atom stereocenters. The van der Waals surface area contributed by atoms with E-state index in [1.54, 1.807) is 0 Å². The Hall–Kier alpha value is -8.41. The number of nitrogens with zero attached hydrogens (tertiary/aromatic N) is 5. The Morgan fingerprint density at radius 2 is 0.661 bits per heavy atom. The first-order valence-electron chi connectivity index (χ1n) is 20.9. The number of benzene rings is 9. The molecular formula is C57H37N5. The minimum Gasteiger partial charge on any atom is -0.309 e. The molecule has 0 N–H and O–H groups in total. The van der Waals surface area contributed by atoms with Gasteiger partial charge in [-0.25, -0.2) is 4.98 Å². The van der Waals surface area contributed by atoms with Crippen LogP contribution in [0.15, 0.2) is 224 Å². The van der Waals surface area contributed by atoms with Crippen LogP contribution >= 0.6 is 0 Å². The maximum atomic E-state index is 5.21. The molecule has 3 heterocycles. The summed E-state index contributed by atoms with van der Waals surface area (Å²) in [5.41, 5.74) is 14.4. The summed E-state index contributed by atoms with van der Waals surface area (Å²) in [6.45, 7) is 0. The summed E-state index contributed by atoms with van der Waals surface area (Å²) in [5.74, 6) is 1.83. The standard InChI is InChI=1S/C57H37N5/c1-5-17-38(18-6-1)40-29-31-41(32-30-40)47-35-44(39-19-7-2-8-20-39)33-34-52(47)61-50-27-15-13-25-45(50)48-37-54-49(36-53(48)61)46-26-14-16-28-51(46)62(54)57-59-55(42-21-9-3-10-22-42)58-56(60-57)43-23-11-4-12-24-43/h1-37H. The van der Waals surface area contributed by atoms with Crippen molar-refractivity contribution in [3.63, 3.8) is 0 Å². The fourth-order valence-electron chi connectivity index (χ4n) is 9.05. The van der Waals surface area contributed by atoms with Gasteiger partial charge in [0.2, 0.25) is 5.95 Å². The van der Waals surface area contributed by atoms with Crippen molar-refractivity contribution in [2.45, 2.75) is 0 Å². The minimum atomic E-state index is 0.574. The summed E-state index contributed by atoms with van der Waals surface area (Å²) in [7, 11) is 0. The Bertz CT molecular complexity index is 3540. The van der Waals surface area contributed by atoms with Crippen molar-refractivity contribution in [2.75, 3.05) is 0 Å². The van der Waals surface area contributed by atoms with Gasteiger partial charge >= 0.3 is 0 Å². The van der Waals surface area contributed by atoms with Gasteiger partial charge in [-0.3, -0.25) is 4.57 Å². The van der Waals surface area contributed by atoms with Crippen molar-refractivity contribution in [2.24, 2.45) is 0 Å². The Labute approximate surface area is 358 Å². The first kappa shape index (κ1) is 35.5. The van der Waals surface area contributed by atoms with Crippen LogP contribution in [-0.4, -0.2) is 24.1 Å². The zero-order valence-electron chi connectivity index (χ0n) is 33.6.